The molecule has 9 aromatic rings. The Kier molecular flexibility index (Phi) is 9.75. The third-order valence-corrected chi connectivity index (χ3v) is 10.2. The van der Waals surface area contributed by atoms with Crippen molar-refractivity contribution in [2.24, 2.45) is 0 Å². The van der Waals surface area contributed by atoms with Crippen molar-refractivity contribution in [2.45, 2.75) is 0 Å². The zero-order chi connectivity index (χ0) is 37.5. The van der Waals surface area contributed by atoms with E-state index in [0.29, 0.717) is 0 Å². The van der Waals surface area contributed by atoms with Crippen molar-refractivity contribution < 1.29 is 0 Å². The summed E-state index contributed by atoms with van der Waals surface area (Å²) < 4.78 is 0. The molecule has 0 radical (unpaired) electrons. The molecule has 9 rings (SSSR count). The van der Waals surface area contributed by atoms with Crippen molar-refractivity contribution in [1.82, 2.24) is 0 Å². The minimum atomic E-state index is 1.12. The van der Waals surface area contributed by atoms with E-state index in [-0.39, 0.29) is 0 Å². The molecule has 0 aliphatic heterocycles. The molecule has 0 bridgehead atoms. The van der Waals surface area contributed by atoms with Gasteiger partial charge in [0.25, 0.3) is 0 Å². The summed E-state index contributed by atoms with van der Waals surface area (Å²) in [6.07, 6.45) is 4.36. The van der Waals surface area contributed by atoms with Crippen LogP contribution in [0.3, 0.4) is 0 Å². The average Bonchev–Trinajstić information content (AvgIpc) is 3.28. The summed E-state index contributed by atoms with van der Waals surface area (Å²) in [5.74, 6) is 0. The fourth-order valence-corrected chi connectivity index (χ4v) is 7.31. The molecule has 266 valence electrons. The molecule has 0 aliphatic rings. The van der Waals surface area contributed by atoms with Gasteiger partial charge in [-0.1, -0.05) is 170 Å². The Morgan fingerprint density at radius 1 is 0.232 bits per heavy atom. The Morgan fingerprint density at radius 3 is 0.946 bits per heavy atom. The predicted octanol–water partition coefficient (Wildman–Crippen LogP) is 15.3. The molecule has 0 saturated heterocycles. The van der Waals surface area contributed by atoms with Crippen LogP contribution < -0.4 is 9.80 Å². The molecule has 0 aliphatic carbocycles. The summed E-state index contributed by atoms with van der Waals surface area (Å²) in [7, 11) is 0. The lowest BCUT2D eigenvalue weighted by Crippen LogP contribution is -2.09. The zero-order valence-corrected chi connectivity index (χ0v) is 31.0. The highest BCUT2D eigenvalue weighted by molar-refractivity contribution is 5.89. The third kappa shape index (κ3) is 7.50. The second kappa shape index (κ2) is 15.9. The summed E-state index contributed by atoms with van der Waals surface area (Å²) in [5, 5.41) is 2.47. The first-order chi connectivity index (χ1) is 27.7. The van der Waals surface area contributed by atoms with Crippen molar-refractivity contribution in [2.75, 3.05) is 9.80 Å². The van der Waals surface area contributed by atoms with Gasteiger partial charge in [-0.2, -0.15) is 0 Å². The first-order valence-corrected chi connectivity index (χ1v) is 19.1. The number of hydrogen-bond donors (Lipinski definition) is 0. The van der Waals surface area contributed by atoms with Crippen LogP contribution in [0.2, 0.25) is 0 Å². The molecule has 0 N–H and O–H groups in total. The summed E-state index contributed by atoms with van der Waals surface area (Å²) >= 11 is 0. The lowest BCUT2D eigenvalue weighted by Gasteiger charge is -2.26. The van der Waals surface area contributed by atoms with E-state index in [0.717, 1.165) is 39.7 Å². The maximum absolute atomic E-state index is 2.32. The third-order valence-electron chi connectivity index (χ3n) is 10.2. The van der Waals surface area contributed by atoms with Crippen LogP contribution in [0.25, 0.3) is 45.2 Å². The van der Waals surface area contributed by atoms with Gasteiger partial charge >= 0.3 is 0 Å². The van der Waals surface area contributed by atoms with Gasteiger partial charge in [-0.05, 0) is 117 Å². The van der Waals surface area contributed by atoms with E-state index in [2.05, 4.69) is 252 Å². The molecule has 0 heterocycles. The quantitative estimate of drug-likeness (QED) is 0.130. The molecular weight excluding hydrogens is 677 g/mol. The largest absolute Gasteiger partial charge is 0.311 e. The summed E-state index contributed by atoms with van der Waals surface area (Å²) in [6.45, 7) is 0. The fourth-order valence-electron chi connectivity index (χ4n) is 7.31. The molecule has 2 nitrogen and oxygen atoms in total. The van der Waals surface area contributed by atoms with Crippen LogP contribution in [-0.2, 0) is 0 Å². The molecule has 0 amide bonds. The van der Waals surface area contributed by atoms with Crippen LogP contribution >= 0.6 is 0 Å². The van der Waals surface area contributed by atoms with E-state index in [4.69, 9.17) is 0 Å². The maximum atomic E-state index is 2.32. The van der Waals surface area contributed by atoms with Crippen molar-refractivity contribution in [1.29, 1.82) is 0 Å². The SMILES string of the molecule is C(=C\c1ccc(-c2ccc(N(c3ccccc3)c3ccc4ccccc4c3)cc2)cc1)/c1ccc(-c2ccc(N(c3ccccc3)c3ccccc3)cc2)cc1. The standard InChI is InChI=1S/C54H40N2/c1-4-14-49(15-5-1)55(50-16-6-2-7-17-50)52-35-30-46(31-36-52)44-26-22-41(23-27-44)20-21-42-24-28-45(29-25-42)47-32-37-53(38-33-47)56(51-18-8-3-9-19-51)54-39-34-43-12-10-11-13-48(43)40-54/h1-40H/b21-20+. The van der Waals surface area contributed by atoms with Crippen LogP contribution in [0.5, 0.6) is 0 Å². The summed E-state index contributed by atoms with van der Waals surface area (Å²) in [4.78, 5) is 4.60. The zero-order valence-electron chi connectivity index (χ0n) is 31.0. The molecule has 9 aromatic carbocycles. The maximum Gasteiger partial charge on any atom is 0.0468 e. The number of nitrogens with zero attached hydrogens (tertiary/aromatic N) is 2. The van der Waals surface area contributed by atoms with E-state index in [1.807, 2.05) is 0 Å². The molecule has 0 unspecified atom stereocenters. The van der Waals surface area contributed by atoms with E-state index < -0.39 is 0 Å². The van der Waals surface area contributed by atoms with E-state index in [1.165, 1.54) is 38.6 Å². The highest BCUT2D eigenvalue weighted by atomic mass is 15.1. The van der Waals surface area contributed by atoms with Crippen LogP contribution in [0.4, 0.5) is 34.1 Å². The topological polar surface area (TPSA) is 6.48 Å². The highest BCUT2D eigenvalue weighted by Crippen LogP contribution is 2.38. The molecule has 0 fully saturated rings. The lowest BCUT2D eigenvalue weighted by atomic mass is 10.0. The Balaban J connectivity index is 0.880. The van der Waals surface area contributed by atoms with Crippen molar-refractivity contribution in [3.63, 3.8) is 0 Å². The number of anilines is 6. The molecule has 2 heteroatoms. The van der Waals surface area contributed by atoms with Gasteiger partial charge in [0.05, 0.1) is 0 Å². The van der Waals surface area contributed by atoms with Gasteiger partial charge in [0, 0.05) is 34.1 Å². The van der Waals surface area contributed by atoms with Crippen LogP contribution in [0.1, 0.15) is 11.1 Å². The molecule has 0 saturated carbocycles. The van der Waals surface area contributed by atoms with Gasteiger partial charge in [-0.3, -0.25) is 0 Å². The second-order valence-electron chi connectivity index (χ2n) is 13.9. The van der Waals surface area contributed by atoms with Gasteiger partial charge in [-0.25, -0.2) is 0 Å². The van der Waals surface area contributed by atoms with E-state index >= 15 is 0 Å². The van der Waals surface area contributed by atoms with Gasteiger partial charge in [-0.15, -0.1) is 0 Å². The summed E-state index contributed by atoms with van der Waals surface area (Å²) in [5.41, 5.74) is 13.9. The minimum absolute atomic E-state index is 1.12. The minimum Gasteiger partial charge on any atom is -0.311 e. The van der Waals surface area contributed by atoms with Crippen molar-refractivity contribution in [3.05, 3.63) is 242 Å². The number of fused-ring (bicyclic) bond motifs is 1. The van der Waals surface area contributed by atoms with E-state index in [1.54, 1.807) is 0 Å². The molecule has 0 spiro atoms. The van der Waals surface area contributed by atoms with E-state index in [9.17, 15) is 0 Å². The fraction of sp³-hybridized carbons (Fsp3) is 0. The van der Waals surface area contributed by atoms with Crippen molar-refractivity contribution >= 4 is 57.0 Å². The Morgan fingerprint density at radius 2 is 0.536 bits per heavy atom. The Labute approximate surface area is 329 Å². The highest BCUT2D eigenvalue weighted by Gasteiger charge is 2.14. The van der Waals surface area contributed by atoms with Gasteiger partial charge < -0.3 is 9.80 Å². The average molecular weight is 717 g/mol. The number of rotatable bonds is 10. The molecule has 56 heavy (non-hydrogen) atoms. The number of hydrogen-bond acceptors (Lipinski definition) is 2. The first-order valence-electron chi connectivity index (χ1n) is 19.1. The van der Waals surface area contributed by atoms with Crippen LogP contribution in [0, 0.1) is 0 Å². The van der Waals surface area contributed by atoms with Crippen molar-refractivity contribution in [3.8, 4) is 22.3 Å². The monoisotopic (exact) mass is 716 g/mol. The smallest absolute Gasteiger partial charge is 0.0468 e. The normalized spacial score (nSPS) is 11.1. The van der Waals surface area contributed by atoms with Gasteiger partial charge in [0.2, 0.25) is 0 Å². The van der Waals surface area contributed by atoms with Crippen LogP contribution in [0.15, 0.2) is 231 Å². The number of para-hydroxylation sites is 3. The first kappa shape index (κ1) is 34.4. The second-order valence-corrected chi connectivity index (χ2v) is 13.9. The Hall–Kier alpha value is -7.42. The number of benzene rings is 9. The Bertz CT molecular complexity index is 2650. The molecule has 0 atom stereocenters. The summed E-state index contributed by atoms with van der Waals surface area (Å²) in [6, 6.07) is 82.0. The van der Waals surface area contributed by atoms with Crippen LogP contribution in [-0.4, -0.2) is 0 Å². The molecule has 0 aromatic heterocycles. The van der Waals surface area contributed by atoms with Gasteiger partial charge in [0.15, 0.2) is 0 Å². The predicted molar refractivity (Wildman–Crippen MR) is 240 cm³/mol. The van der Waals surface area contributed by atoms with Gasteiger partial charge in [0.1, 0.15) is 0 Å². The molecular formula is C54H40N2. The lowest BCUT2D eigenvalue weighted by molar-refractivity contribution is 1.28.